The monoisotopic (exact) mass is 294 g/mol. The Morgan fingerprint density at radius 1 is 1.45 bits per heavy atom. The van der Waals surface area contributed by atoms with Gasteiger partial charge in [-0.1, -0.05) is 0 Å². The number of thiocarbonyl (C=S) groups is 1. The molecular formula is C14H15FN2O2S. The van der Waals surface area contributed by atoms with Gasteiger partial charge in [0.05, 0.1) is 18.7 Å². The van der Waals surface area contributed by atoms with E-state index in [0.717, 1.165) is 0 Å². The van der Waals surface area contributed by atoms with Crippen molar-refractivity contribution in [3.8, 4) is 0 Å². The summed E-state index contributed by atoms with van der Waals surface area (Å²) in [4.78, 5) is 13.6. The van der Waals surface area contributed by atoms with E-state index in [2.05, 4.69) is 5.32 Å². The second-order valence-electron chi connectivity index (χ2n) is 4.25. The Morgan fingerprint density at radius 3 is 2.70 bits per heavy atom. The number of hydrogen-bond acceptors (Lipinski definition) is 3. The third-order valence-electron chi connectivity index (χ3n) is 3.00. The van der Waals surface area contributed by atoms with Gasteiger partial charge in [-0.05, 0) is 50.3 Å². The highest BCUT2D eigenvalue weighted by molar-refractivity contribution is 7.80. The highest BCUT2D eigenvalue weighted by Gasteiger charge is 2.26. The maximum atomic E-state index is 13.0. The lowest BCUT2D eigenvalue weighted by molar-refractivity contribution is -0.138. The van der Waals surface area contributed by atoms with E-state index >= 15 is 0 Å². The maximum Gasteiger partial charge on any atom is 0.337 e. The maximum absolute atomic E-state index is 13.0. The van der Waals surface area contributed by atoms with Gasteiger partial charge in [-0.25, -0.2) is 9.18 Å². The summed E-state index contributed by atoms with van der Waals surface area (Å²) in [5.74, 6) is -0.691. The summed E-state index contributed by atoms with van der Waals surface area (Å²) >= 11 is 5.26. The molecule has 6 heteroatoms. The van der Waals surface area contributed by atoms with Crippen LogP contribution in [0.1, 0.15) is 13.8 Å². The van der Waals surface area contributed by atoms with Crippen molar-refractivity contribution >= 4 is 29.0 Å². The van der Waals surface area contributed by atoms with Crippen molar-refractivity contribution in [2.75, 3.05) is 18.1 Å². The number of halogens is 1. The fourth-order valence-electron chi connectivity index (χ4n) is 2.00. The average molecular weight is 294 g/mol. The molecular weight excluding hydrogens is 279 g/mol. The second kappa shape index (κ2) is 6.00. The first-order valence-corrected chi connectivity index (χ1v) is 6.65. The number of allylic oxidation sites excluding steroid dienone is 1. The van der Waals surface area contributed by atoms with Gasteiger partial charge in [-0.15, -0.1) is 0 Å². The van der Waals surface area contributed by atoms with Gasteiger partial charge in [0.2, 0.25) is 0 Å². The molecule has 1 N–H and O–H groups in total. The molecule has 1 aliphatic rings. The predicted octanol–water partition coefficient (Wildman–Crippen LogP) is 2.36. The quantitative estimate of drug-likeness (QED) is 0.684. The zero-order chi connectivity index (χ0) is 14.7. The van der Waals surface area contributed by atoms with Gasteiger partial charge >= 0.3 is 5.97 Å². The van der Waals surface area contributed by atoms with Crippen LogP contribution in [0.15, 0.2) is 35.5 Å². The molecule has 20 heavy (non-hydrogen) atoms. The number of hydrogen-bond donors (Lipinski definition) is 1. The topological polar surface area (TPSA) is 41.6 Å². The summed E-state index contributed by atoms with van der Waals surface area (Å²) < 4.78 is 18.0. The molecule has 0 saturated carbocycles. The molecule has 0 radical (unpaired) electrons. The van der Waals surface area contributed by atoms with E-state index in [1.807, 2.05) is 0 Å². The standard InChI is InChI=1S/C14H15FN2O2S/c1-3-19-13(18)12-8-16-14(20)17(9(12)2)11-6-4-10(15)5-7-11/h4-7H,3,8H2,1-2H3,(H,16,20). The summed E-state index contributed by atoms with van der Waals surface area (Å²) in [6.07, 6.45) is 0. The Kier molecular flexibility index (Phi) is 4.34. The molecule has 2 rings (SSSR count). The first-order valence-electron chi connectivity index (χ1n) is 6.25. The zero-order valence-corrected chi connectivity index (χ0v) is 12.1. The highest BCUT2D eigenvalue weighted by atomic mass is 32.1. The molecule has 0 saturated heterocycles. The van der Waals surface area contributed by atoms with E-state index in [1.165, 1.54) is 12.1 Å². The van der Waals surface area contributed by atoms with Gasteiger partial charge in [0.1, 0.15) is 5.82 Å². The Bertz CT molecular complexity index is 569. The summed E-state index contributed by atoms with van der Waals surface area (Å²) in [5, 5.41) is 3.44. The van der Waals surface area contributed by atoms with Crippen LogP contribution < -0.4 is 10.2 Å². The van der Waals surface area contributed by atoms with Crippen molar-refractivity contribution in [2.24, 2.45) is 0 Å². The first kappa shape index (κ1) is 14.5. The fraction of sp³-hybridized carbons (Fsp3) is 0.286. The molecule has 0 amide bonds. The fourth-order valence-corrected chi connectivity index (χ4v) is 2.31. The molecule has 0 unspecified atom stereocenters. The zero-order valence-electron chi connectivity index (χ0n) is 11.3. The van der Waals surface area contributed by atoms with E-state index in [9.17, 15) is 9.18 Å². The normalized spacial score (nSPS) is 15.2. The van der Waals surface area contributed by atoms with Gasteiger partial charge in [-0.3, -0.25) is 4.90 Å². The third kappa shape index (κ3) is 2.80. The Labute approximate surface area is 122 Å². The minimum Gasteiger partial charge on any atom is -0.463 e. The van der Waals surface area contributed by atoms with Crippen LogP contribution >= 0.6 is 12.2 Å². The molecule has 1 heterocycles. The van der Waals surface area contributed by atoms with Crippen LogP contribution in [0, 0.1) is 5.82 Å². The summed E-state index contributed by atoms with van der Waals surface area (Å²) in [6.45, 7) is 4.20. The molecule has 1 aliphatic heterocycles. The molecule has 4 nitrogen and oxygen atoms in total. The molecule has 0 aromatic heterocycles. The molecule has 0 aliphatic carbocycles. The van der Waals surface area contributed by atoms with Gasteiger partial charge in [0, 0.05) is 11.4 Å². The molecule has 106 valence electrons. The van der Waals surface area contributed by atoms with Gasteiger partial charge in [0.25, 0.3) is 0 Å². The van der Waals surface area contributed by atoms with E-state index in [0.29, 0.717) is 35.2 Å². The third-order valence-corrected chi connectivity index (χ3v) is 3.33. The Hall–Kier alpha value is -1.95. The minimum atomic E-state index is -0.368. The van der Waals surface area contributed by atoms with E-state index in [1.54, 1.807) is 30.9 Å². The number of anilines is 1. The van der Waals surface area contributed by atoms with Crippen molar-refractivity contribution in [3.05, 3.63) is 41.4 Å². The Balaban J connectivity index is 2.39. The van der Waals surface area contributed by atoms with Crippen LogP contribution in [-0.2, 0) is 9.53 Å². The van der Waals surface area contributed by atoms with Crippen molar-refractivity contribution in [2.45, 2.75) is 13.8 Å². The number of ether oxygens (including phenoxy) is 1. The van der Waals surface area contributed by atoms with E-state index in [-0.39, 0.29) is 11.8 Å². The molecule has 0 fully saturated rings. The smallest absolute Gasteiger partial charge is 0.337 e. The van der Waals surface area contributed by atoms with Crippen molar-refractivity contribution < 1.29 is 13.9 Å². The van der Waals surface area contributed by atoms with Crippen molar-refractivity contribution in [1.82, 2.24) is 5.32 Å². The molecule has 0 spiro atoms. The van der Waals surface area contributed by atoms with Crippen LogP contribution in [0.2, 0.25) is 0 Å². The average Bonchev–Trinajstić information content (AvgIpc) is 2.41. The molecule has 1 aromatic rings. The van der Waals surface area contributed by atoms with E-state index < -0.39 is 0 Å². The molecule has 0 bridgehead atoms. The largest absolute Gasteiger partial charge is 0.463 e. The summed E-state index contributed by atoms with van der Waals surface area (Å²) in [7, 11) is 0. The molecule has 1 aromatic carbocycles. The summed E-state index contributed by atoms with van der Waals surface area (Å²) in [6, 6.07) is 5.93. The lowest BCUT2D eigenvalue weighted by atomic mass is 10.1. The van der Waals surface area contributed by atoms with Crippen LogP contribution in [-0.4, -0.2) is 24.2 Å². The number of esters is 1. The number of carbonyl (C=O) groups excluding carboxylic acids is 1. The first-order chi connectivity index (χ1) is 9.54. The van der Waals surface area contributed by atoms with Gasteiger partial charge < -0.3 is 10.1 Å². The van der Waals surface area contributed by atoms with E-state index in [4.69, 9.17) is 17.0 Å². The predicted molar refractivity (Wildman–Crippen MR) is 78.8 cm³/mol. The number of benzene rings is 1. The Morgan fingerprint density at radius 2 is 2.10 bits per heavy atom. The number of nitrogens with zero attached hydrogens (tertiary/aromatic N) is 1. The van der Waals surface area contributed by atoms with Crippen LogP contribution in [0.3, 0.4) is 0 Å². The lowest BCUT2D eigenvalue weighted by Gasteiger charge is -2.32. The lowest BCUT2D eigenvalue weighted by Crippen LogP contribution is -2.46. The number of carbonyl (C=O) groups is 1. The number of nitrogens with one attached hydrogen (secondary N) is 1. The molecule has 0 atom stereocenters. The van der Waals surface area contributed by atoms with Crippen LogP contribution in [0.5, 0.6) is 0 Å². The highest BCUT2D eigenvalue weighted by Crippen LogP contribution is 2.24. The van der Waals surface area contributed by atoms with Crippen molar-refractivity contribution in [1.29, 1.82) is 0 Å². The van der Waals surface area contributed by atoms with Crippen molar-refractivity contribution in [3.63, 3.8) is 0 Å². The summed E-state index contributed by atoms with van der Waals surface area (Å²) in [5.41, 5.74) is 1.91. The second-order valence-corrected chi connectivity index (χ2v) is 4.64. The van der Waals surface area contributed by atoms with Gasteiger partial charge in [-0.2, -0.15) is 0 Å². The number of rotatable bonds is 3. The van der Waals surface area contributed by atoms with Gasteiger partial charge in [0.15, 0.2) is 5.11 Å². The SMILES string of the molecule is CCOC(=O)C1=C(C)N(c2ccc(F)cc2)C(=S)NC1. The minimum absolute atomic E-state index is 0.316. The van der Waals surface area contributed by atoms with Crippen LogP contribution in [0.25, 0.3) is 0 Å². The van der Waals surface area contributed by atoms with Crippen LogP contribution in [0.4, 0.5) is 10.1 Å².